The molecule has 0 saturated carbocycles. The van der Waals surface area contributed by atoms with Crippen molar-refractivity contribution in [1.82, 2.24) is 10.2 Å². The number of nitrogens with one attached hydrogen (secondary N) is 1. The minimum absolute atomic E-state index is 0.00791. The van der Waals surface area contributed by atoms with Crippen LogP contribution >= 0.6 is 0 Å². The molecule has 0 radical (unpaired) electrons. The average molecular weight is 462 g/mol. The van der Waals surface area contributed by atoms with Gasteiger partial charge in [-0.2, -0.15) is 13.2 Å². The first-order valence-corrected chi connectivity index (χ1v) is 10.4. The van der Waals surface area contributed by atoms with Gasteiger partial charge in [0.05, 0.1) is 6.04 Å². The first-order valence-electron chi connectivity index (χ1n) is 10.4. The molecule has 0 aromatic heterocycles. The van der Waals surface area contributed by atoms with Gasteiger partial charge in [-0.1, -0.05) is 48.5 Å². The average Bonchev–Trinajstić information content (AvgIpc) is 3.10. The molecule has 4 rings (SSSR count). The number of carboxylic acid groups (broad SMARTS) is 1. The SMILES string of the molecule is O=C(O)[C@H]1[C@H](NC(=O)C(F)(F)F)CCCN1C(=O)OCC1c2ccccc2-c2ccccc21. The van der Waals surface area contributed by atoms with E-state index in [0.717, 1.165) is 27.2 Å². The zero-order valence-electron chi connectivity index (χ0n) is 17.3. The van der Waals surface area contributed by atoms with Gasteiger partial charge in [-0.3, -0.25) is 9.69 Å². The highest BCUT2D eigenvalue weighted by Crippen LogP contribution is 2.44. The molecule has 2 atom stereocenters. The maximum atomic E-state index is 12.8. The number of benzene rings is 2. The van der Waals surface area contributed by atoms with Crippen LogP contribution in [0.25, 0.3) is 11.1 Å². The summed E-state index contributed by atoms with van der Waals surface area (Å²) >= 11 is 0. The number of hydrogen-bond donors (Lipinski definition) is 2. The Morgan fingerprint density at radius 1 is 1.03 bits per heavy atom. The third-order valence-corrected chi connectivity index (χ3v) is 6.03. The van der Waals surface area contributed by atoms with Gasteiger partial charge in [0.2, 0.25) is 0 Å². The molecular weight excluding hydrogens is 441 g/mol. The first-order chi connectivity index (χ1) is 15.7. The number of aliphatic carboxylic acids is 1. The van der Waals surface area contributed by atoms with Gasteiger partial charge in [0.25, 0.3) is 0 Å². The first kappa shape index (κ1) is 22.6. The summed E-state index contributed by atoms with van der Waals surface area (Å²) in [7, 11) is 0. The minimum atomic E-state index is -5.16. The lowest BCUT2D eigenvalue weighted by molar-refractivity contribution is -0.175. The number of carbonyl (C=O) groups excluding carboxylic acids is 2. The molecule has 2 aromatic carbocycles. The molecular formula is C23H21F3N2O5. The van der Waals surface area contributed by atoms with Crippen molar-refractivity contribution in [3.8, 4) is 11.1 Å². The second-order valence-corrected chi connectivity index (χ2v) is 8.00. The lowest BCUT2D eigenvalue weighted by atomic mass is 9.96. The monoisotopic (exact) mass is 462 g/mol. The highest BCUT2D eigenvalue weighted by atomic mass is 19.4. The van der Waals surface area contributed by atoms with Crippen LogP contribution in [0.2, 0.25) is 0 Å². The van der Waals surface area contributed by atoms with E-state index in [0.29, 0.717) is 0 Å². The summed E-state index contributed by atoms with van der Waals surface area (Å²) in [6.07, 6.45) is -5.90. The van der Waals surface area contributed by atoms with Crippen molar-refractivity contribution in [3.05, 3.63) is 59.7 Å². The van der Waals surface area contributed by atoms with E-state index in [-0.39, 0.29) is 31.9 Å². The van der Waals surface area contributed by atoms with Crippen molar-refractivity contribution >= 4 is 18.0 Å². The number of likely N-dealkylation sites (tertiary alicyclic amines) is 1. The summed E-state index contributed by atoms with van der Waals surface area (Å²) in [6.45, 7) is -0.0681. The highest BCUT2D eigenvalue weighted by Gasteiger charge is 2.46. The predicted octanol–water partition coefficient (Wildman–Crippen LogP) is 3.53. The molecule has 2 N–H and O–H groups in total. The van der Waals surface area contributed by atoms with Crippen LogP contribution in [-0.2, 0) is 14.3 Å². The van der Waals surface area contributed by atoms with Gasteiger partial charge < -0.3 is 15.2 Å². The van der Waals surface area contributed by atoms with Crippen molar-refractivity contribution in [2.75, 3.05) is 13.2 Å². The molecule has 1 heterocycles. The van der Waals surface area contributed by atoms with Crippen LogP contribution in [0, 0.1) is 0 Å². The van der Waals surface area contributed by atoms with Crippen LogP contribution in [0.4, 0.5) is 18.0 Å². The molecule has 33 heavy (non-hydrogen) atoms. The van der Waals surface area contributed by atoms with Crippen LogP contribution in [0.15, 0.2) is 48.5 Å². The Bertz CT molecular complexity index is 1040. The second-order valence-electron chi connectivity index (χ2n) is 8.00. The summed E-state index contributed by atoms with van der Waals surface area (Å²) in [5.41, 5.74) is 3.97. The molecule has 10 heteroatoms. The normalized spacial score (nSPS) is 20.0. The van der Waals surface area contributed by atoms with Gasteiger partial charge in [0.1, 0.15) is 6.61 Å². The number of halogens is 3. The number of alkyl halides is 3. The summed E-state index contributed by atoms with van der Waals surface area (Å²) < 4.78 is 43.4. The van der Waals surface area contributed by atoms with Crippen molar-refractivity contribution in [2.24, 2.45) is 0 Å². The smallest absolute Gasteiger partial charge is 0.471 e. The van der Waals surface area contributed by atoms with Gasteiger partial charge in [-0.15, -0.1) is 0 Å². The standard InChI is InChI=1S/C23H21F3N2O5/c24-23(25,26)21(31)27-18-10-5-11-28(19(18)20(29)30)22(32)33-12-17-15-8-3-1-6-13(15)14-7-2-4-9-16(14)17/h1-4,6-9,17-19H,5,10-12H2,(H,27,31)(H,29,30)/t18-,19-/m1/s1. The lowest BCUT2D eigenvalue weighted by Gasteiger charge is -2.38. The van der Waals surface area contributed by atoms with E-state index in [2.05, 4.69) is 0 Å². The van der Waals surface area contributed by atoms with E-state index in [4.69, 9.17) is 4.74 Å². The van der Waals surface area contributed by atoms with Crippen molar-refractivity contribution in [3.63, 3.8) is 0 Å². The van der Waals surface area contributed by atoms with Crippen LogP contribution in [0.1, 0.15) is 29.9 Å². The number of ether oxygens (including phenoxy) is 1. The third-order valence-electron chi connectivity index (χ3n) is 6.03. The number of rotatable bonds is 4. The molecule has 174 valence electrons. The van der Waals surface area contributed by atoms with E-state index in [9.17, 15) is 32.7 Å². The van der Waals surface area contributed by atoms with Gasteiger partial charge in [0, 0.05) is 12.5 Å². The predicted molar refractivity (Wildman–Crippen MR) is 110 cm³/mol. The topological polar surface area (TPSA) is 95.9 Å². The second kappa shape index (κ2) is 8.76. The van der Waals surface area contributed by atoms with E-state index < -0.39 is 36.2 Å². The van der Waals surface area contributed by atoms with E-state index in [1.807, 2.05) is 48.5 Å². The molecule has 1 aliphatic heterocycles. The Morgan fingerprint density at radius 2 is 1.61 bits per heavy atom. The molecule has 2 amide bonds. The van der Waals surface area contributed by atoms with Crippen LogP contribution in [-0.4, -0.2) is 59.4 Å². The Hall–Kier alpha value is -3.56. The fourth-order valence-corrected chi connectivity index (χ4v) is 4.58. The number of nitrogens with zero attached hydrogens (tertiary/aromatic N) is 1. The van der Waals surface area contributed by atoms with Gasteiger partial charge in [-0.05, 0) is 35.1 Å². The number of carboxylic acids is 1. The number of amides is 2. The molecule has 2 aliphatic rings. The minimum Gasteiger partial charge on any atom is -0.480 e. The van der Waals surface area contributed by atoms with Gasteiger partial charge in [-0.25, -0.2) is 9.59 Å². The molecule has 0 unspecified atom stereocenters. The van der Waals surface area contributed by atoms with E-state index in [1.165, 1.54) is 0 Å². The molecule has 2 aromatic rings. The maximum absolute atomic E-state index is 12.8. The number of carbonyl (C=O) groups is 3. The molecule has 1 fully saturated rings. The third kappa shape index (κ3) is 4.37. The van der Waals surface area contributed by atoms with Crippen LogP contribution in [0.3, 0.4) is 0 Å². The Labute approximate surface area is 187 Å². The van der Waals surface area contributed by atoms with Crippen LogP contribution in [0.5, 0.6) is 0 Å². The zero-order valence-corrected chi connectivity index (χ0v) is 17.3. The summed E-state index contributed by atoms with van der Waals surface area (Å²) in [5, 5.41) is 11.3. The molecule has 1 aliphatic carbocycles. The Morgan fingerprint density at radius 3 is 2.15 bits per heavy atom. The van der Waals surface area contributed by atoms with Gasteiger partial charge in [0.15, 0.2) is 6.04 Å². The van der Waals surface area contributed by atoms with E-state index >= 15 is 0 Å². The van der Waals surface area contributed by atoms with Gasteiger partial charge >= 0.3 is 24.1 Å². The largest absolute Gasteiger partial charge is 0.480 e. The molecule has 0 bridgehead atoms. The molecule has 7 nitrogen and oxygen atoms in total. The van der Waals surface area contributed by atoms with Crippen molar-refractivity contribution < 1.29 is 37.4 Å². The van der Waals surface area contributed by atoms with Crippen molar-refractivity contribution in [1.29, 1.82) is 0 Å². The van der Waals surface area contributed by atoms with E-state index in [1.54, 1.807) is 5.32 Å². The summed E-state index contributed by atoms with van der Waals surface area (Å²) in [6, 6.07) is 12.3. The summed E-state index contributed by atoms with van der Waals surface area (Å²) in [4.78, 5) is 36.9. The Kier molecular flexibility index (Phi) is 6.01. The molecule has 1 saturated heterocycles. The van der Waals surface area contributed by atoms with Crippen molar-refractivity contribution in [2.45, 2.75) is 37.0 Å². The fraction of sp³-hybridized carbons (Fsp3) is 0.348. The maximum Gasteiger partial charge on any atom is 0.471 e. The Balaban J connectivity index is 1.50. The highest BCUT2D eigenvalue weighted by molar-refractivity contribution is 5.85. The lowest BCUT2D eigenvalue weighted by Crippen LogP contribution is -2.61. The fourth-order valence-electron chi connectivity index (χ4n) is 4.58. The molecule has 0 spiro atoms. The summed E-state index contributed by atoms with van der Waals surface area (Å²) in [5.74, 6) is -4.01. The number of hydrogen-bond acceptors (Lipinski definition) is 4. The zero-order chi connectivity index (χ0) is 23.8. The number of fused-ring (bicyclic) bond motifs is 3. The number of piperidine rings is 1. The quantitative estimate of drug-likeness (QED) is 0.725. The van der Waals surface area contributed by atoms with Crippen LogP contribution < -0.4 is 5.32 Å².